The van der Waals surface area contributed by atoms with Crippen LogP contribution in [0.5, 0.6) is 0 Å². The lowest BCUT2D eigenvalue weighted by Gasteiger charge is -2.44. The van der Waals surface area contributed by atoms with E-state index in [1.807, 2.05) is 91.0 Å². The van der Waals surface area contributed by atoms with Crippen LogP contribution in [0.4, 0.5) is 0 Å². The van der Waals surface area contributed by atoms with E-state index in [1.165, 1.54) is 14.2 Å². The molecule has 190 valence electrons. The Morgan fingerprint density at radius 1 is 0.639 bits per heavy atom. The van der Waals surface area contributed by atoms with Crippen molar-refractivity contribution < 1.29 is 33.2 Å². The van der Waals surface area contributed by atoms with Crippen molar-refractivity contribution in [1.29, 1.82) is 0 Å². The molecule has 1 fully saturated rings. The van der Waals surface area contributed by atoms with Gasteiger partial charge in [-0.1, -0.05) is 91.0 Å². The quantitative estimate of drug-likeness (QED) is 0.370. The highest BCUT2D eigenvalue weighted by molar-refractivity contribution is 5.75. The Kier molecular flexibility index (Phi) is 9.61. The van der Waals surface area contributed by atoms with Gasteiger partial charge in [0.25, 0.3) is 0 Å². The highest BCUT2D eigenvalue weighted by Gasteiger charge is 2.51. The van der Waals surface area contributed by atoms with Gasteiger partial charge in [-0.05, 0) is 16.7 Å². The van der Waals surface area contributed by atoms with Crippen LogP contribution in [0.3, 0.4) is 0 Å². The zero-order valence-corrected chi connectivity index (χ0v) is 20.5. The average Bonchev–Trinajstić information content (AvgIpc) is 2.94. The van der Waals surface area contributed by atoms with E-state index in [0.717, 1.165) is 16.7 Å². The Morgan fingerprint density at radius 3 is 1.47 bits per heavy atom. The molecule has 0 spiro atoms. The number of carbonyl (C=O) groups excluding carboxylic acids is 1. The molecule has 7 heteroatoms. The van der Waals surface area contributed by atoms with Gasteiger partial charge in [0, 0.05) is 7.11 Å². The summed E-state index contributed by atoms with van der Waals surface area (Å²) in [6.45, 7) is 0.872. The molecule has 7 nitrogen and oxygen atoms in total. The fraction of sp³-hybridized carbons (Fsp3) is 0.345. The van der Waals surface area contributed by atoms with E-state index in [-0.39, 0.29) is 6.61 Å². The minimum atomic E-state index is -1.05. The summed E-state index contributed by atoms with van der Waals surface area (Å²) in [4.78, 5) is 12.8. The van der Waals surface area contributed by atoms with E-state index >= 15 is 0 Å². The highest BCUT2D eigenvalue weighted by atomic mass is 16.7. The summed E-state index contributed by atoms with van der Waals surface area (Å²) in [5.41, 5.74) is 2.93. The molecule has 4 rings (SSSR count). The molecule has 1 aliphatic heterocycles. The van der Waals surface area contributed by atoms with E-state index in [9.17, 15) is 4.79 Å². The third kappa shape index (κ3) is 6.78. The predicted molar refractivity (Wildman–Crippen MR) is 133 cm³/mol. The molecule has 0 aromatic heterocycles. The van der Waals surface area contributed by atoms with Crippen molar-refractivity contribution in [3.05, 3.63) is 108 Å². The second-order valence-corrected chi connectivity index (χ2v) is 8.47. The molecular formula is C29H32O7. The normalized spacial score (nSPS) is 23.8. The van der Waals surface area contributed by atoms with Crippen molar-refractivity contribution in [2.75, 3.05) is 14.2 Å². The largest absolute Gasteiger partial charge is 0.467 e. The SMILES string of the molecule is COC(=O)[C@H]1O[C@H](OC)[C@H](OCc2ccccc2)[C@@H](OCc2ccccc2)[C@@H]1OCc1ccccc1. The number of hydrogen-bond donors (Lipinski definition) is 0. The van der Waals surface area contributed by atoms with E-state index in [0.29, 0.717) is 13.2 Å². The maximum atomic E-state index is 12.8. The molecule has 1 saturated heterocycles. The first kappa shape index (κ1) is 26.0. The summed E-state index contributed by atoms with van der Waals surface area (Å²) in [6.07, 6.45) is -4.06. The summed E-state index contributed by atoms with van der Waals surface area (Å²) < 4.78 is 35.7. The van der Waals surface area contributed by atoms with Crippen molar-refractivity contribution >= 4 is 5.97 Å². The first-order valence-electron chi connectivity index (χ1n) is 11.9. The smallest absolute Gasteiger partial charge is 0.337 e. The lowest BCUT2D eigenvalue weighted by Crippen LogP contribution is -2.62. The molecule has 0 bridgehead atoms. The van der Waals surface area contributed by atoms with Crippen LogP contribution in [-0.4, -0.2) is 50.9 Å². The molecule has 3 aromatic rings. The van der Waals surface area contributed by atoms with Gasteiger partial charge in [-0.3, -0.25) is 0 Å². The topological polar surface area (TPSA) is 72.5 Å². The summed E-state index contributed by atoms with van der Waals surface area (Å²) in [5.74, 6) is -0.565. The molecule has 5 atom stereocenters. The van der Waals surface area contributed by atoms with E-state index in [1.54, 1.807) is 0 Å². The number of methoxy groups -OCH3 is 2. The van der Waals surface area contributed by atoms with Crippen LogP contribution in [0, 0.1) is 0 Å². The Balaban J connectivity index is 1.61. The van der Waals surface area contributed by atoms with Gasteiger partial charge < -0.3 is 28.4 Å². The molecular weight excluding hydrogens is 460 g/mol. The van der Waals surface area contributed by atoms with Crippen LogP contribution < -0.4 is 0 Å². The number of benzene rings is 3. The van der Waals surface area contributed by atoms with Crippen LogP contribution in [-0.2, 0) is 53.0 Å². The van der Waals surface area contributed by atoms with Gasteiger partial charge in [0.05, 0.1) is 26.9 Å². The minimum Gasteiger partial charge on any atom is -0.467 e. The number of ether oxygens (including phenoxy) is 6. The summed E-state index contributed by atoms with van der Waals surface area (Å²) in [6, 6.07) is 29.3. The second kappa shape index (κ2) is 13.3. The van der Waals surface area contributed by atoms with Gasteiger partial charge in [0.15, 0.2) is 12.4 Å². The van der Waals surface area contributed by atoms with Crippen LogP contribution in [0.2, 0.25) is 0 Å². The van der Waals surface area contributed by atoms with Crippen molar-refractivity contribution in [1.82, 2.24) is 0 Å². The first-order valence-corrected chi connectivity index (χ1v) is 11.9. The highest BCUT2D eigenvalue weighted by Crippen LogP contribution is 2.31. The zero-order valence-electron chi connectivity index (χ0n) is 20.5. The molecule has 1 heterocycles. The molecule has 0 radical (unpaired) electrons. The Bertz CT molecular complexity index is 1040. The maximum Gasteiger partial charge on any atom is 0.337 e. The van der Waals surface area contributed by atoms with E-state index in [2.05, 4.69) is 0 Å². The van der Waals surface area contributed by atoms with Crippen LogP contribution in [0.25, 0.3) is 0 Å². The Labute approximate surface area is 211 Å². The van der Waals surface area contributed by atoms with E-state index in [4.69, 9.17) is 28.4 Å². The molecule has 36 heavy (non-hydrogen) atoms. The standard InChI is InChI=1S/C29H32O7/c1-31-28(30)26-24(33-18-21-12-6-3-7-13-21)25(34-19-22-14-8-4-9-15-22)27(29(32-2)36-26)35-20-23-16-10-5-11-17-23/h3-17,24-27,29H,18-20H2,1-2H3/t24-,25-,26-,27+,29-/m0/s1. The molecule has 1 aliphatic rings. The molecule has 0 unspecified atom stereocenters. The van der Waals surface area contributed by atoms with Gasteiger partial charge >= 0.3 is 5.97 Å². The van der Waals surface area contributed by atoms with Crippen LogP contribution in [0.15, 0.2) is 91.0 Å². The number of carbonyl (C=O) groups is 1. The van der Waals surface area contributed by atoms with Gasteiger partial charge in [-0.15, -0.1) is 0 Å². The lowest BCUT2D eigenvalue weighted by molar-refractivity contribution is -0.314. The third-order valence-electron chi connectivity index (χ3n) is 6.02. The first-order chi connectivity index (χ1) is 17.7. The number of rotatable bonds is 11. The minimum absolute atomic E-state index is 0.261. The third-order valence-corrected chi connectivity index (χ3v) is 6.02. The Hall–Kier alpha value is -3.07. The van der Waals surface area contributed by atoms with E-state index < -0.39 is 36.7 Å². The molecule has 0 aliphatic carbocycles. The van der Waals surface area contributed by atoms with Crippen molar-refractivity contribution in [3.63, 3.8) is 0 Å². The predicted octanol–water partition coefficient (Wildman–Crippen LogP) is 4.29. The molecule has 3 aromatic carbocycles. The number of hydrogen-bond acceptors (Lipinski definition) is 7. The fourth-order valence-corrected chi connectivity index (χ4v) is 4.15. The molecule has 0 saturated carbocycles. The monoisotopic (exact) mass is 492 g/mol. The van der Waals surface area contributed by atoms with Crippen LogP contribution >= 0.6 is 0 Å². The average molecular weight is 493 g/mol. The summed E-state index contributed by atoms with van der Waals surface area (Å²) in [5, 5.41) is 0. The summed E-state index contributed by atoms with van der Waals surface area (Å²) in [7, 11) is 2.83. The van der Waals surface area contributed by atoms with Gasteiger partial charge in [0.2, 0.25) is 0 Å². The molecule has 0 N–H and O–H groups in total. The van der Waals surface area contributed by atoms with Gasteiger partial charge in [-0.2, -0.15) is 0 Å². The molecule has 0 amide bonds. The van der Waals surface area contributed by atoms with Gasteiger partial charge in [-0.25, -0.2) is 4.79 Å². The van der Waals surface area contributed by atoms with Crippen molar-refractivity contribution in [2.24, 2.45) is 0 Å². The van der Waals surface area contributed by atoms with Gasteiger partial charge in [0.1, 0.15) is 18.3 Å². The number of esters is 1. The van der Waals surface area contributed by atoms with Crippen molar-refractivity contribution in [3.8, 4) is 0 Å². The maximum absolute atomic E-state index is 12.8. The zero-order chi connectivity index (χ0) is 25.2. The Morgan fingerprint density at radius 2 is 1.06 bits per heavy atom. The second-order valence-electron chi connectivity index (χ2n) is 8.47. The van der Waals surface area contributed by atoms with Crippen LogP contribution in [0.1, 0.15) is 16.7 Å². The fourth-order valence-electron chi connectivity index (χ4n) is 4.15. The summed E-state index contributed by atoms with van der Waals surface area (Å²) >= 11 is 0. The van der Waals surface area contributed by atoms with Crippen molar-refractivity contribution in [2.45, 2.75) is 50.5 Å². The lowest BCUT2D eigenvalue weighted by atomic mass is 9.97.